The van der Waals surface area contributed by atoms with E-state index in [4.69, 9.17) is 4.74 Å². The van der Waals surface area contributed by atoms with Gasteiger partial charge in [0.2, 0.25) is 0 Å². The molecule has 1 aromatic heterocycles. The molecule has 1 aliphatic heterocycles. The van der Waals surface area contributed by atoms with E-state index < -0.39 is 12.8 Å². The Morgan fingerprint density at radius 2 is 2.14 bits per heavy atom. The van der Waals surface area contributed by atoms with Gasteiger partial charge in [-0.3, -0.25) is 4.68 Å². The number of nitrogens with one attached hydrogen (secondary N) is 1. The number of aromatic nitrogens is 2. The molecule has 0 radical (unpaired) electrons. The van der Waals surface area contributed by atoms with Gasteiger partial charge < -0.3 is 15.0 Å². The highest BCUT2D eigenvalue weighted by molar-refractivity contribution is 5.80. The Labute approximate surface area is 168 Å². The fourth-order valence-corrected chi connectivity index (χ4v) is 3.40. The first-order chi connectivity index (χ1) is 13.9. The zero-order chi connectivity index (χ0) is 20.9. The maximum absolute atomic E-state index is 12.5. The molecule has 3 rings (SSSR count). The number of rotatable bonds is 6. The molecule has 9 heteroatoms. The number of aliphatic imine (C=N–C) groups is 1. The summed E-state index contributed by atoms with van der Waals surface area (Å²) in [6.07, 6.45) is 0.558. The molecule has 158 valence electrons. The molecule has 2 heterocycles. The number of hydrogen-bond donors (Lipinski definition) is 1. The van der Waals surface area contributed by atoms with E-state index in [1.165, 1.54) is 11.6 Å². The van der Waals surface area contributed by atoms with Gasteiger partial charge in [-0.05, 0) is 25.0 Å². The van der Waals surface area contributed by atoms with Crippen molar-refractivity contribution in [1.29, 1.82) is 0 Å². The van der Waals surface area contributed by atoms with Crippen LogP contribution in [0.4, 0.5) is 13.2 Å². The van der Waals surface area contributed by atoms with E-state index in [0.29, 0.717) is 18.0 Å². The highest BCUT2D eigenvalue weighted by atomic mass is 19.4. The van der Waals surface area contributed by atoms with Crippen LogP contribution in [-0.2, 0) is 13.6 Å². The molecule has 29 heavy (non-hydrogen) atoms. The molecule has 0 saturated carbocycles. The zero-order valence-corrected chi connectivity index (χ0v) is 16.6. The van der Waals surface area contributed by atoms with Crippen molar-refractivity contribution in [2.45, 2.75) is 32.0 Å². The smallest absolute Gasteiger partial charge is 0.422 e. The standard InChI is InChI=1S/C20H26F3N5O/c1-3-24-19(28-9-8-16(13-28)17-11-26-27(2)12-17)25-10-15-6-4-5-7-18(15)29-14-20(21,22)23/h4-7,11-12,16H,3,8-10,13-14H2,1-2H3,(H,24,25). The third-order valence-electron chi connectivity index (χ3n) is 4.78. The summed E-state index contributed by atoms with van der Waals surface area (Å²) >= 11 is 0. The van der Waals surface area contributed by atoms with E-state index in [-0.39, 0.29) is 12.3 Å². The van der Waals surface area contributed by atoms with E-state index in [0.717, 1.165) is 25.5 Å². The van der Waals surface area contributed by atoms with Crippen LogP contribution >= 0.6 is 0 Å². The summed E-state index contributed by atoms with van der Waals surface area (Å²) in [5.41, 5.74) is 1.83. The summed E-state index contributed by atoms with van der Waals surface area (Å²) in [6.45, 7) is 3.31. The number of guanidine groups is 1. The molecular formula is C20H26F3N5O. The minimum Gasteiger partial charge on any atom is -0.484 e. The number of likely N-dealkylation sites (tertiary alicyclic amines) is 1. The first-order valence-electron chi connectivity index (χ1n) is 9.65. The van der Waals surface area contributed by atoms with Crippen molar-refractivity contribution in [3.05, 3.63) is 47.8 Å². The van der Waals surface area contributed by atoms with Gasteiger partial charge in [-0.1, -0.05) is 18.2 Å². The molecule has 1 unspecified atom stereocenters. The average Bonchev–Trinajstić information content (AvgIpc) is 3.32. The molecular weight excluding hydrogens is 383 g/mol. The molecule has 6 nitrogen and oxygen atoms in total. The molecule has 0 spiro atoms. The Balaban J connectivity index is 1.69. The van der Waals surface area contributed by atoms with Crippen molar-refractivity contribution in [2.24, 2.45) is 12.0 Å². The summed E-state index contributed by atoms with van der Waals surface area (Å²) in [4.78, 5) is 6.83. The molecule has 0 bridgehead atoms. The second kappa shape index (κ2) is 9.19. The number of halogens is 3. The van der Waals surface area contributed by atoms with E-state index in [1.54, 1.807) is 22.9 Å². The molecule has 1 aliphatic rings. The summed E-state index contributed by atoms with van der Waals surface area (Å²) < 4.78 is 44.2. The van der Waals surface area contributed by atoms with Crippen LogP contribution in [0.1, 0.15) is 30.4 Å². The lowest BCUT2D eigenvalue weighted by molar-refractivity contribution is -0.153. The lowest BCUT2D eigenvalue weighted by atomic mass is 10.0. The Kier molecular flexibility index (Phi) is 6.66. The molecule has 0 amide bonds. The maximum atomic E-state index is 12.5. The lowest BCUT2D eigenvalue weighted by Crippen LogP contribution is -2.40. The number of hydrogen-bond acceptors (Lipinski definition) is 3. The van der Waals surface area contributed by atoms with Gasteiger partial charge in [-0.25, -0.2) is 4.99 Å². The van der Waals surface area contributed by atoms with Crippen molar-refractivity contribution in [1.82, 2.24) is 20.0 Å². The quantitative estimate of drug-likeness (QED) is 0.588. The third kappa shape index (κ3) is 5.88. The van der Waals surface area contributed by atoms with Gasteiger partial charge in [-0.2, -0.15) is 18.3 Å². The predicted molar refractivity (Wildman–Crippen MR) is 105 cm³/mol. The Morgan fingerprint density at radius 1 is 1.34 bits per heavy atom. The normalized spacial score (nSPS) is 17.6. The van der Waals surface area contributed by atoms with E-state index in [9.17, 15) is 13.2 Å². The highest BCUT2D eigenvalue weighted by Crippen LogP contribution is 2.27. The maximum Gasteiger partial charge on any atom is 0.422 e. The SMILES string of the molecule is CCNC(=NCc1ccccc1OCC(F)(F)F)N1CCC(c2cnn(C)c2)C1. The van der Waals surface area contributed by atoms with Crippen molar-refractivity contribution in [3.8, 4) is 5.75 Å². The first-order valence-corrected chi connectivity index (χ1v) is 9.65. The number of para-hydroxylation sites is 1. The number of aryl methyl sites for hydroxylation is 1. The van der Waals surface area contributed by atoms with Crippen LogP contribution in [0.15, 0.2) is 41.7 Å². The van der Waals surface area contributed by atoms with E-state index >= 15 is 0 Å². The zero-order valence-electron chi connectivity index (χ0n) is 16.6. The average molecular weight is 409 g/mol. The van der Waals surface area contributed by atoms with Gasteiger partial charge in [0.25, 0.3) is 0 Å². The van der Waals surface area contributed by atoms with Gasteiger partial charge in [-0.15, -0.1) is 0 Å². The monoisotopic (exact) mass is 409 g/mol. The van der Waals surface area contributed by atoms with Crippen molar-refractivity contribution < 1.29 is 17.9 Å². The Bertz CT molecular complexity index is 834. The summed E-state index contributed by atoms with van der Waals surface area (Å²) in [6, 6.07) is 6.70. The number of nitrogens with zero attached hydrogens (tertiary/aromatic N) is 4. The molecule has 1 N–H and O–H groups in total. The predicted octanol–water partition coefficient (Wildman–Crippen LogP) is 3.32. The third-order valence-corrected chi connectivity index (χ3v) is 4.78. The lowest BCUT2D eigenvalue weighted by Gasteiger charge is -2.22. The van der Waals surface area contributed by atoms with Gasteiger partial charge >= 0.3 is 6.18 Å². The Morgan fingerprint density at radius 3 is 2.83 bits per heavy atom. The van der Waals surface area contributed by atoms with Gasteiger partial charge in [0.05, 0.1) is 12.7 Å². The topological polar surface area (TPSA) is 54.7 Å². The largest absolute Gasteiger partial charge is 0.484 e. The number of benzene rings is 1. The van der Waals surface area contributed by atoms with Crippen LogP contribution in [-0.4, -0.2) is 53.1 Å². The van der Waals surface area contributed by atoms with Gasteiger partial charge in [0.15, 0.2) is 12.6 Å². The summed E-state index contributed by atoms with van der Waals surface area (Å²) in [5, 5.41) is 7.53. The van der Waals surface area contributed by atoms with Crippen LogP contribution in [0, 0.1) is 0 Å². The van der Waals surface area contributed by atoms with E-state index in [1.807, 2.05) is 26.4 Å². The highest BCUT2D eigenvalue weighted by Gasteiger charge is 2.29. The molecule has 1 aromatic carbocycles. The van der Waals surface area contributed by atoms with Crippen LogP contribution in [0.3, 0.4) is 0 Å². The minimum absolute atomic E-state index is 0.207. The Hall–Kier alpha value is -2.71. The molecule has 1 atom stereocenters. The first kappa shape index (κ1) is 21.0. The molecule has 2 aromatic rings. The van der Waals surface area contributed by atoms with Crippen molar-refractivity contribution in [2.75, 3.05) is 26.2 Å². The van der Waals surface area contributed by atoms with Crippen LogP contribution in [0.5, 0.6) is 5.75 Å². The van der Waals surface area contributed by atoms with Gasteiger partial charge in [0.1, 0.15) is 5.75 Å². The fraction of sp³-hybridized carbons (Fsp3) is 0.500. The van der Waals surface area contributed by atoms with Crippen LogP contribution in [0.2, 0.25) is 0 Å². The van der Waals surface area contributed by atoms with E-state index in [2.05, 4.69) is 20.3 Å². The molecule has 0 aliphatic carbocycles. The summed E-state index contributed by atoms with van der Waals surface area (Å²) in [5.74, 6) is 1.35. The molecule has 1 fully saturated rings. The van der Waals surface area contributed by atoms with Crippen molar-refractivity contribution >= 4 is 5.96 Å². The van der Waals surface area contributed by atoms with Crippen LogP contribution < -0.4 is 10.1 Å². The van der Waals surface area contributed by atoms with Gasteiger partial charge in [0, 0.05) is 44.4 Å². The minimum atomic E-state index is -4.37. The summed E-state index contributed by atoms with van der Waals surface area (Å²) in [7, 11) is 1.90. The molecule has 1 saturated heterocycles. The number of alkyl halides is 3. The second-order valence-electron chi connectivity index (χ2n) is 7.06. The fourth-order valence-electron chi connectivity index (χ4n) is 3.40. The van der Waals surface area contributed by atoms with Crippen LogP contribution in [0.25, 0.3) is 0 Å². The number of ether oxygens (including phenoxy) is 1. The second-order valence-corrected chi connectivity index (χ2v) is 7.06. The van der Waals surface area contributed by atoms with Crippen molar-refractivity contribution in [3.63, 3.8) is 0 Å².